The van der Waals surface area contributed by atoms with Crippen molar-refractivity contribution >= 4 is 0 Å². The van der Waals surface area contributed by atoms with Crippen molar-refractivity contribution in [2.45, 2.75) is 72.0 Å². The lowest BCUT2D eigenvalue weighted by Crippen LogP contribution is -2.58. The molecule has 0 heterocycles. The Labute approximate surface area is 135 Å². The van der Waals surface area contributed by atoms with E-state index in [9.17, 15) is 10.2 Å². The van der Waals surface area contributed by atoms with Crippen LogP contribution in [0.25, 0.3) is 0 Å². The molecule has 0 aromatic carbocycles. The van der Waals surface area contributed by atoms with E-state index in [2.05, 4.69) is 40.3 Å². The number of allylic oxidation sites excluding steroid dienone is 2. The molecule has 0 saturated heterocycles. The Morgan fingerprint density at radius 2 is 1.82 bits per heavy atom. The van der Waals surface area contributed by atoms with Crippen molar-refractivity contribution in [1.82, 2.24) is 0 Å². The van der Waals surface area contributed by atoms with Crippen LogP contribution in [0.15, 0.2) is 24.3 Å². The van der Waals surface area contributed by atoms with Crippen LogP contribution in [0.1, 0.15) is 59.8 Å². The fourth-order valence-corrected chi connectivity index (χ4v) is 5.80. The molecule has 3 aliphatic carbocycles. The Bertz CT molecular complexity index is 506. The van der Waals surface area contributed by atoms with Gasteiger partial charge in [-0.3, -0.25) is 0 Å². The van der Waals surface area contributed by atoms with Gasteiger partial charge in [0.2, 0.25) is 0 Å². The van der Waals surface area contributed by atoms with Crippen LogP contribution >= 0.6 is 0 Å². The van der Waals surface area contributed by atoms with Gasteiger partial charge < -0.3 is 10.2 Å². The zero-order valence-corrected chi connectivity index (χ0v) is 14.6. The van der Waals surface area contributed by atoms with Gasteiger partial charge in [-0.05, 0) is 60.3 Å². The van der Waals surface area contributed by atoms with Gasteiger partial charge in [0.25, 0.3) is 0 Å². The second kappa shape index (κ2) is 4.95. The molecule has 2 N–H and O–H groups in total. The summed E-state index contributed by atoms with van der Waals surface area (Å²) in [4.78, 5) is 0. The summed E-state index contributed by atoms with van der Waals surface area (Å²) in [6.45, 7) is 13.0. The molecule has 0 amide bonds. The van der Waals surface area contributed by atoms with E-state index in [1.807, 2.05) is 6.08 Å². The van der Waals surface area contributed by atoms with Gasteiger partial charge >= 0.3 is 0 Å². The van der Waals surface area contributed by atoms with Crippen LogP contribution in [-0.4, -0.2) is 22.4 Å². The Morgan fingerprint density at radius 3 is 2.45 bits per heavy atom. The molecule has 2 saturated carbocycles. The van der Waals surface area contributed by atoms with Crippen LogP contribution in [0.2, 0.25) is 0 Å². The molecule has 0 aromatic heterocycles. The first-order chi connectivity index (χ1) is 10.1. The molecular weight excluding hydrogens is 272 g/mol. The second-order valence-corrected chi connectivity index (χ2v) is 9.13. The molecule has 124 valence electrons. The molecule has 6 unspecified atom stereocenters. The van der Waals surface area contributed by atoms with E-state index in [0.29, 0.717) is 11.8 Å². The number of hydrogen-bond donors (Lipinski definition) is 2. The minimum absolute atomic E-state index is 0.0275. The third kappa shape index (κ3) is 2.14. The summed E-state index contributed by atoms with van der Waals surface area (Å²) in [5.41, 5.74) is 1.37. The fourth-order valence-electron chi connectivity index (χ4n) is 5.80. The monoisotopic (exact) mass is 304 g/mol. The lowest BCUT2D eigenvalue weighted by molar-refractivity contribution is -0.143. The Morgan fingerprint density at radius 1 is 1.14 bits per heavy atom. The Balaban J connectivity index is 2.03. The van der Waals surface area contributed by atoms with Crippen molar-refractivity contribution in [2.75, 3.05) is 0 Å². The van der Waals surface area contributed by atoms with Crippen LogP contribution in [-0.2, 0) is 0 Å². The van der Waals surface area contributed by atoms with Gasteiger partial charge in [-0.2, -0.15) is 0 Å². The maximum atomic E-state index is 10.8. The summed E-state index contributed by atoms with van der Waals surface area (Å²) in [6, 6.07) is 0. The highest BCUT2D eigenvalue weighted by atomic mass is 16.3. The van der Waals surface area contributed by atoms with Gasteiger partial charge in [-0.15, -0.1) is 6.58 Å². The largest absolute Gasteiger partial charge is 0.393 e. The Kier molecular flexibility index (Phi) is 3.66. The zero-order valence-electron chi connectivity index (χ0n) is 14.6. The molecule has 2 heteroatoms. The van der Waals surface area contributed by atoms with Crippen molar-refractivity contribution < 1.29 is 10.2 Å². The summed E-state index contributed by atoms with van der Waals surface area (Å²) in [5.74, 6) is 0.843. The second-order valence-electron chi connectivity index (χ2n) is 9.13. The standard InChI is InChI=1S/C20H32O2/c1-6-19(4)9-7-14-13(12-19)15(21)11-16-18(2,3)17(22)8-10-20(14,16)5/h6,12,14-17,21-22H,1,7-11H2,2-5H3. The molecule has 0 radical (unpaired) electrons. The van der Waals surface area contributed by atoms with Crippen molar-refractivity contribution in [3.8, 4) is 0 Å². The van der Waals surface area contributed by atoms with Crippen LogP contribution in [0.4, 0.5) is 0 Å². The van der Waals surface area contributed by atoms with E-state index in [4.69, 9.17) is 0 Å². The van der Waals surface area contributed by atoms with Crippen molar-refractivity contribution in [1.29, 1.82) is 0 Å². The minimum atomic E-state index is -0.354. The quantitative estimate of drug-likeness (QED) is 0.717. The van der Waals surface area contributed by atoms with Crippen molar-refractivity contribution in [3.05, 3.63) is 24.3 Å². The molecule has 0 spiro atoms. The smallest absolute Gasteiger partial charge is 0.0756 e. The predicted octanol–water partition coefficient (Wildman–Crippen LogP) is 4.08. The van der Waals surface area contributed by atoms with Crippen molar-refractivity contribution in [3.63, 3.8) is 0 Å². The SMILES string of the molecule is C=CC1(C)C=C2C(O)CC3C(C)(C)C(O)CCC3(C)C2CC1. The lowest BCUT2D eigenvalue weighted by Gasteiger charge is -2.61. The molecule has 22 heavy (non-hydrogen) atoms. The van der Waals surface area contributed by atoms with Crippen LogP contribution < -0.4 is 0 Å². The van der Waals surface area contributed by atoms with Gasteiger partial charge in [0.1, 0.15) is 0 Å². The minimum Gasteiger partial charge on any atom is -0.393 e. The number of hydrogen-bond acceptors (Lipinski definition) is 2. The zero-order chi connectivity index (χ0) is 16.3. The molecule has 0 aromatic rings. The van der Waals surface area contributed by atoms with Gasteiger partial charge in [0.15, 0.2) is 0 Å². The van der Waals surface area contributed by atoms with Gasteiger partial charge in [-0.25, -0.2) is 0 Å². The summed E-state index contributed by atoms with van der Waals surface area (Å²) < 4.78 is 0. The molecule has 0 aliphatic heterocycles. The predicted molar refractivity (Wildman–Crippen MR) is 90.4 cm³/mol. The maximum Gasteiger partial charge on any atom is 0.0756 e. The molecule has 0 bridgehead atoms. The average Bonchev–Trinajstić information content (AvgIpc) is 2.47. The van der Waals surface area contributed by atoms with Crippen LogP contribution in [0.5, 0.6) is 0 Å². The van der Waals surface area contributed by atoms with Gasteiger partial charge in [-0.1, -0.05) is 39.8 Å². The van der Waals surface area contributed by atoms with E-state index in [-0.39, 0.29) is 28.5 Å². The van der Waals surface area contributed by atoms with Crippen LogP contribution in [0.3, 0.4) is 0 Å². The number of fused-ring (bicyclic) bond motifs is 3. The molecule has 2 nitrogen and oxygen atoms in total. The normalized spacial score (nSPS) is 50.5. The van der Waals surface area contributed by atoms with Crippen LogP contribution in [0, 0.1) is 28.1 Å². The first-order valence-electron chi connectivity index (χ1n) is 8.86. The molecular formula is C20H32O2. The van der Waals surface area contributed by atoms with Crippen molar-refractivity contribution in [2.24, 2.45) is 28.1 Å². The lowest BCUT2D eigenvalue weighted by atomic mass is 9.44. The van der Waals surface area contributed by atoms with E-state index in [0.717, 1.165) is 32.1 Å². The summed E-state index contributed by atoms with van der Waals surface area (Å²) in [7, 11) is 0. The fraction of sp³-hybridized carbons (Fsp3) is 0.800. The third-order valence-electron chi connectivity index (χ3n) is 7.49. The third-order valence-corrected chi connectivity index (χ3v) is 7.49. The van der Waals surface area contributed by atoms with E-state index in [1.165, 1.54) is 5.57 Å². The number of rotatable bonds is 1. The first-order valence-corrected chi connectivity index (χ1v) is 8.86. The number of aliphatic hydroxyl groups is 2. The summed E-state index contributed by atoms with van der Waals surface area (Å²) >= 11 is 0. The first kappa shape index (κ1) is 16.3. The highest BCUT2D eigenvalue weighted by Crippen LogP contribution is 2.63. The van der Waals surface area contributed by atoms with E-state index in [1.54, 1.807) is 0 Å². The van der Waals surface area contributed by atoms with Gasteiger partial charge in [0.05, 0.1) is 12.2 Å². The average molecular weight is 304 g/mol. The van der Waals surface area contributed by atoms with Gasteiger partial charge in [0, 0.05) is 5.41 Å². The number of aliphatic hydroxyl groups excluding tert-OH is 2. The topological polar surface area (TPSA) is 40.5 Å². The highest BCUT2D eigenvalue weighted by molar-refractivity contribution is 5.29. The molecule has 6 atom stereocenters. The molecule has 3 aliphatic rings. The summed E-state index contributed by atoms with van der Waals surface area (Å²) in [6.07, 6.45) is 8.73. The van der Waals surface area contributed by atoms with E-state index >= 15 is 0 Å². The molecule has 2 fully saturated rings. The summed E-state index contributed by atoms with van der Waals surface area (Å²) in [5, 5.41) is 21.3. The maximum absolute atomic E-state index is 10.8. The van der Waals surface area contributed by atoms with E-state index < -0.39 is 0 Å². The highest BCUT2D eigenvalue weighted by Gasteiger charge is 2.58. The Hall–Kier alpha value is -0.600. The molecule has 3 rings (SSSR count).